The van der Waals surface area contributed by atoms with Crippen molar-refractivity contribution in [3.05, 3.63) is 11.7 Å². The Labute approximate surface area is 114 Å². The topological polar surface area (TPSA) is 66.5 Å². The first-order valence-electron chi connectivity index (χ1n) is 7.12. The van der Waals surface area contributed by atoms with Gasteiger partial charge < -0.3 is 14.7 Å². The van der Waals surface area contributed by atoms with Gasteiger partial charge in [0, 0.05) is 19.6 Å². The highest BCUT2D eigenvalue weighted by Gasteiger charge is 2.16. The van der Waals surface area contributed by atoms with Gasteiger partial charge in [-0.3, -0.25) is 0 Å². The van der Waals surface area contributed by atoms with Crippen LogP contribution in [0.5, 0.6) is 0 Å². The number of likely N-dealkylation sites (tertiary alicyclic amines) is 1. The second-order valence-corrected chi connectivity index (χ2v) is 4.85. The molecule has 2 rings (SSSR count). The highest BCUT2D eigenvalue weighted by atomic mass is 16.5. The van der Waals surface area contributed by atoms with Gasteiger partial charge in [0.2, 0.25) is 5.89 Å². The SMILES string of the molecule is CCCCNC(=NCc1nc(C)no1)N1CCCC1. The fourth-order valence-corrected chi connectivity index (χ4v) is 2.12. The van der Waals surface area contributed by atoms with Gasteiger partial charge in [-0.15, -0.1) is 0 Å². The van der Waals surface area contributed by atoms with Crippen LogP contribution >= 0.6 is 0 Å². The Morgan fingerprint density at radius 1 is 1.42 bits per heavy atom. The molecule has 0 unspecified atom stereocenters. The second kappa shape index (κ2) is 7.11. The smallest absolute Gasteiger partial charge is 0.248 e. The lowest BCUT2D eigenvalue weighted by Crippen LogP contribution is -2.40. The van der Waals surface area contributed by atoms with E-state index >= 15 is 0 Å². The summed E-state index contributed by atoms with van der Waals surface area (Å²) in [5.74, 6) is 2.21. The van der Waals surface area contributed by atoms with Crippen molar-refractivity contribution in [2.45, 2.75) is 46.1 Å². The number of hydrogen-bond acceptors (Lipinski definition) is 4. The number of aliphatic imine (C=N–C) groups is 1. The van der Waals surface area contributed by atoms with Gasteiger partial charge >= 0.3 is 0 Å². The van der Waals surface area contributed by atoms with E-state index < -0.39 is 0 Å². The number of hydrogen-bond donors (Lipinski definition) is 1. The summed E-state index contributed by atoms with van der Waals surface area (Å²) < 4.78 is 5.09. The van der Waals surface area contributed by atoms with Crippen LogP contribution in [0.25, 0.3) is 0 Å². The predicted octanol–water partition coefficient (Wildman–Crippen LogP) is 1.72. The molecular weight excluding hydrogens is 242 g/mol. The standard InChI is InChI=1S/C13H23N5O/c1-3-4-7-14-13(18-8-5-6-9-18)15-10-12-16-11(2)17-19-12/h3-10H2,1-2H3,(H,14,15). The summed E-state index contributed by atoms with van der Waals surface area (Å²) in [5.41, 5.74) is 0. The zero-order valence-electron chi connectivity index (χ0n) is 11.9. The van der Waals surface area contributed by atoms with Crippen molar-refractivity contribution in [3.8, 4) is 0 Å². The molecule has 0 atom stereocenters. The van der Waals surface area contributed by atoms with Gasteiger partial charge in [0.05, 0.1) is 0 Å². The largest absolute Gasteiger partial charge is 0.356 e. The first kappa shape index (κ1) is 13.8. The Balaban J connectivity index is 1.94. The van der Waals surface area contributed by atoms with E-state index in [0.29, 0.717) is 18.3 Å². The molecule has 1 aliphatic rings. The summed E-state index contributed by atoms with van der Waals surface area (Å²) in [4.78, 5) is 11.1. The molecule has 0 radical (unpaired) electrons. The fraction of sp³-hybridized carbons (Fsp3) is 0.769. The Hall–Kier alpha value is -1.59. The molecule has 0 saturated carbocycles. The van der Waals surface area contributed by atoms with Gasteiger partial charge in [-0.25, -0.2) is 4.99 Å². The molecular formula is C13H23N5O. The highest BCUT2D eigenvalue weighted by molar-refractivity contribution is 5.80. The highest BCUT2D eigenvalue weighted by Crippen LogP contribution is 2.08. The number of aryl methyl sites for hydroxylation is 1. The number of unbranched alkanes of at least 4 members (excludes halogenated alkanes) is 1. The average Bonchev–Trinajstić information content (AvgIpc) is 3.05. The maximum atomic E-state index is 5.09. The van der Waals surface area contributed by atoms with Crippen molar-refractivity contribution in [1.29, 1.82) is 0 Å². The number of rotatable bonds is 5. The minimum absolute atomic E-state index is 0.450. The van der Waals surface area contributed by atoms with Gasteiger partial charge in [-0.2, -0.15) is 4.98 Å². The van der Waals surface area contributed by atoms with Gasteiger partial charge in [0.25, 0.3) is 0 Å². The molecule has 0 aliphatic carbocycles. The number of guanidine groups is 1. The fourth-order valence-electron chi connectivity index (χ4n) is 2.12. The van der Waals surface area contributed by atoms with Crippen LogP contribution in [-0.4, -0.2) is 40.6 Å². The van der Waals surface area contributed by atoms with E-state index in [1.165, 1.54) is 19.3 Å². The van der Waals surface area contributed by atoms with E-state index in [1.54, 1.807) is 0 Å². The molecule has 6 nitrogen and oxygen atoms in total. The molecule has 1 N–H and O–H groups in total. The molecule has 2 heterocycles. The van der Waals surface area contributed by atoms with Gasteiger partial charge in [0.15, 0.2) is 11.8 Å². The molecule has 1 fully saturated rings. The normalized spacial score (nSPS) is 16.1. The third kappa shape index (κ3) is 4.22. The van der Waals surface area contributed by atoms with E-state index in [2.05, 4.69) is 32.3 Å². The third-order valence-electron chi connectivity index (χ3n) is 3.15. The van der Waals surface area contributed by atoms with Crippen molar-refractivity contribution < 1.29 is 4.52 Å². The molecule has 6 heteroatoms. The van der Waals surface area contributed by atoms with Crippen molar-refractivity contribution in [2.75, 3.05) is 19.6 Å². The quantitative estimate of drug-likeness (QED) is 0.499. The van der Waals surface area contributed by atoms with Gasteiger partial charge in [0.1, 0.15) is 6.54 Å². The van der Waals surface area contributed by atoms with Crippen LogP contribution in [0.3, 0.4) is 0 Å². The minimum Gasteiger partial charge on any atom is -0.356 e. The Bertz CT molecular complexity index is 409. The monoisotopic (exact) mass is 265 g/mol. The lowest BCUT2D eigenvalue weighted by molar-refractivity contribution is 0.375. The van der Waals surface area contributed by atoms with Gasteiger partial charge in [-0.05, 0) is 26.2 Å². The zero-order chi connectivity index (χ0) is 13.5. The molecule has 0 spiro atoms. The van der Waals surface area contributed by atoms with E-state index in [4.69, 9.17) is 4.52 Å². The van der Waals surface area contributed by atoms with Crippen molar-refractivity contribution in [1.82, 2.24) is 20.4 Å². The molecule has 0 aromatic carbocycles. The molecule has 106 valence electrons. The lowest BCUT2D eigenvalue weighted by atomic mass is 10.3. The van der Waals surface area contributed by atoms with Crippen LogP contribution < -0.4 is 5.32 Å². The first-order chi connectivity index (χ1) is 9.29. The van der Waals surface area contributed by atoms with Crippen LogP contribution in [0.4, 0.5) is 0 Å². The average molecular weight is 265 g/mol. The number of aromatic nitrogens is 2. The molecule has 0 amide bonds. The van der Waals surface area contributed by atoms with Crippen LogP contribution in [0.2, 0.25) is 0 Å². The maximum absolute atomic E-state index is 5.09. The Morgan fingerprint density at radius 2 is 2.21 bits per heavy atom. The molecule has 1 saturated heterocycles. The summed E-state index contributed by atoms with van der Waals surface area (Å²) in [6, 6.07) is 0. The third-order valence-corrected chi connectivity index (χ3v) is 3.15. The predicted molar refractivity (Wildman–Crippen MR) is 73.9 cm³/mol. The van der Waals surface area contributed by atoms with Crippen molar-refractivity contribution >= 4 is 5.96 Å². The van der Waals surface area contributed by atoms with E-state index in [0.717, 1.165) is 32.0 Å². The zero-order valence-corrected chi connectivity index (χ0v) is 11.9. The van der Waals surface area contributed by atoms with E-state index in [1.807, 2.05) is 6.92 Å². The van der Waals surface area contributed by atoms with Crippen LogP contribution in [0, 0.1) is 6.92 Å². The van der Waals surface area contributed by atoms with Crippen molar-refractivity contribution in [3.63, 3.8) is 0 Å². The van der Waals surface area contributed by atoms with Crippen molar-refractivity contribution in [2.24, 2.45) is 4.99 Å². The summed E-state index contributed by atoms with van der Waals surface area (Å²) in [7, 11) is 0. The number of nitrogens with one attached hydrogen (secondary N) is 1. The molecule has 1 aromatic heterocycles. The summed E-state index contributed by atoms with van der Waals surface area (Å²) in [5, 5.41) is 7.20. The van der Waals surface area contributed by atoms with Gasteiger partial charge in [-0.1, -0.05) is 18.5 Å². The number of nitrogens with zero attached hydrogens (tertiary/aromatic N) is 4. The first-order valence-corrected chi connectivity index (χ1v) is 7.12. The minimum atomic E-state index is 0.450. The molecule has 19 heavy (non-hydrogen) atoms. The van der Waals surface area contributed by atoms with E-state index in [9.17, 15) is 0 Å². The second-order valence-electron chi connectivity index (χ2n) is 4.85. The van der Waals surface area contributed by atoms with Crippen LogP contribution in [0.1, 0.15) is 44.3 Å². The molecule has 0 bridgehead atoms. The van der Waals surface area contributed by atoms with Crippen LogP contribution in [-0.2, 0) is 6.54 Å². The maximum Gasteiger partial charge on any atom is 0.248 e. The summed E-state index contributed by atoms with van der Waals surface area (Å²) >= 11 is 0. The lowest BCUT2D eigenvalue weighted by Gasteiger charge is -2.21. The Kier molecular flexibility index (Phi) is 5.18. The summed E-state index contributed by atoms with van der Waals surface area (Å²) in [6.45, 7) is 7.59. The van der Waals surface area contributed by atoms with Crippen LogP contribution in [0.15, 0.2) is 9.52 Å². The molecule has 1 aromatic rings. The Morgan fingerprint density at radius 3 is 2.84 bits per heavy atom. The van der Waals surface area contributed by atoms with E-state index in [-0.39, 0.29) is 0 Å². The molecule has 1 aliphatic heterocycles. The summed E-state index contributed by atoms with van der Waals surface area (Å²) in [6.07, 6.45) is 4.83.